The standard InChI is InChI=1S/C28H35NO2.C24H32NO2/c1-6-29-16-15-28(31,14-13-25-11-7-20(2)17-23(25)5)26(19-29)27(30)12-10-24-9-8-21(3)22(4)18-24;1-16-7-9-20(13-18(16)3)23(26)22-15-25(5,6)12-11-24(22,27)21-10-8-17(2)19(4)14-21/h7-14,17-18,26,31H,6,15-16,19H2,1-5H3;7-10,13-14,22,27H,11-12,15H2,1-6H3/q;+1/b12-10?,14-13+;. The number of aryl methyl sites for hydroxylation is 8. The van der Waals surface area contributed by atoms with Crippen molar-refractivity contribution in [2.24, 2.45) is 11.8 Å². The van der Waals surface area contributed by atoms with E-state index in [4.69, 9.17) is 0 Å². The second-order valence-electron chi connectivity index (χ2n) is 18.0. The zero-order chi connectivity index (χ0) is 42.6. The van der Waals surface area contributed by atoms with Crippen molar-refractivity contribution in [3.63, 3.8) is 0 Å². The monoisotopic (exact) mass is 784 g/mol. The van der Waals surface area contributed by atoms with E-state index in [1.165, 1.54) is 33.4 Å². The summed E-state index contributed by atoms with van der Waals surface area (Å²) >= 11 is 0. The Labute approximate surface area is 348 Å². The van der Waals surface area contributed by atoms with Gasteiger partial charge in [-0.15, -0.1) is 0 Å². The van der Waals surface area contributed by atoms with E-state index in [2.05, 4.69) is 117 Å². The molecule has 4 atom stereocenters. The average Bonchev–Trinajstić information content (AvgIpc) is 3.18. The number of quaternary nitrogens is 1. The minimum absolute atomic E-state index is 0.0239. The summed E-state index contributed by atoms with van der Waals surface area (Å²) in [6.45, 7) is 22.3. The van der Waals surface area contributed by atoms with Crippen molar-refractivity contribution in [2.75, 3.05) is 46.8 Å². The van der Waals surface area contributed by atoms with Gasteiger partial charge in [0.1, 0.15) is 11.5 Å². The van der Waals surface area contributed by atoms with Crippen LogP contribution in [0.2, 0.25) is 0 Å². The Morgan fingerprint density at radius 1 is 0.724 bits per heavy atom. The highest BCUT2D eigenvalue weighted by atomic mass is 16.3. The SMILES string of the molecule is CCN1CCC(O)(/C=C/c2ccc(C)cc2C)C(C(=O)C=Cc2ccc(C)c(C)c2)C1.Cc1ccc(C(=O)C2C[N+](C)(C)CCC2(O)c2ccc(C)c(C)c2)cc1C. The van der Waals surface area contributed by atoms with Crippen molar-refractivity contribution in [1.29, 1.82) is 0 Å². The Morgan fingerprint density at radius 3 is 1.98 bits per heavy atom. The Bertz CT molecular complexity index is 2200. The smallest absolute Gasteiger partial charge is 0.174 e. The number of likely N-dealkylation sites (tertiary alicyclic amines) is 2. The molecule has 2 saturated heterocycles. The van der Waals surface area contributed by atoms with Crippen molar-refractivity contribution in [3.05, 3.63) is 152 Å². The fraction of sp³-hybridized carbons (Fsp3) is 0.423. The van der Waals surface area contributed by atoms with Crippen molar-refractivity contribution in [1.82, 2.24) is 4.90 Å². The molecule has 0 spiro atoms. The summed E-state index contributed by atoms with van der Waals surface area (Å²) in [6.07, 6.45) is 8.48. The van der Waals surface area contributed by atoms with Crippen LogP contribution in [0.4, 0.5) is 0 Å². The first kappa shape index (κ1) is 44.6. The number of ketones is 2. The van der Waals surface area contributed by atoms with E-state index >= 15 is 0 Å². The first-order valence-electron chi connectivity index (χ1n) is 21.0. The van der Waals surface area contributed by atoms with Gasteiger partial charge in [0.2, 0.25) is 0 Å². The number of allylic oxidation sites excluding steroid dienone is 1. The Kier molecular flexibility index (Phi) is 14.0. The second-order valence-corrected chi connectivity index (χ2v) is 18.0. The normalized spacial score (nSPS) is 23.5. The lowest BCUT2D eigenvalue weighted by Gasteiger charge is -2.47. The summed E-state index contributed by atoms with van der Waals surface area (Å²) in [5.74, 6) is -0.912. The number of benzene rings is 4. The average molecular weight is 784 g/mol. The van der Waals surface area contributed by atoms with Gasteiger partial charge in [0.05, 0.1) is 38.7 Å². The molecule has 6 nitrogen and oxygen atoms in total. The largest absolute Gasteiger partial charge is 0.385 e. The molecular weight excluding hydrogens is 717 g/mol. The van der Waals surface area contributed by atoms with Crippen molar-refractivity contribution >= 4 is 23.7 Å². The van der Waals surface area contributed by atoms with Crippen LogP contribution < -0.4 is 0 Å². The van der Waals surface area contributed by atoms with E-state index in [0.29, 0.717) is 31.5 Å². The van der Waals surface area contributed by atoms with Crippen LogP contribution in [-0.4, -0.2) is 83.6 Å². The van der Waals surface area contributed by atoms with Crippen LogP contribution in [0, 0.1) is 67.2 Å². The third-order valence-electron chi connectivity index (χ3n) is 13.1. The van der Waals surface area contributed by atoms with Crippen LogP contribution in [0.5, 0.6) is 0 Å². The quantitative estimate of drug-likeness (QED) is 0.101. The molecule has 0 aliphatic carbocycles. The van der Waals surface area contributed by atoms with Gasteiger partial charge in [-0.2, -0.15) is 0 Å². The van der Waals surface area contributed by atoms with Gasteiger partial charge in [0.25, 0.3) is 0 Å². The summed E-state index contributed by atoms with van der Waals surface area (Å²) < 4.78 is 0.744. The molecular formula is C52H67N2O4+. The van der Waals surface area contributed by atoms with Crippen LogP contribution in [0.3, 0.4) is 0 Å². The molecule has 0 saturated carbocycles. The maximum absolute atomic E-state index is 13.5. The zero-order valence-electron chi connectivity index (χ0n) is 36.9. The molecule has 2 fully saturated rings. The minimum Gasteiger partial charge on any atom is -0.385 e. The summed E-state index contributed by atoms with van der Waals surface area (Å²) in [5.41, 5.74) is 10.9. The number of carbonyl (C=O) groups is 2. The number of hydrogen-bond acceptors (Lipinski definition) is 5. The lowest BCUT2D eigenvalue weighted by atomic mass is 9.71. The zero-order valence-corrected chi connectivity index (χ0v) is 36.9. The van der Waals surface area contributed by atoms with E-state index in [-0.39, 0.29) is 11.6 Å². The molecule has 0 amide bonds. The van der Waals surface area contributed by atoms with Crippen molar-refractivity contribution < 1.29 is 24.3 Å². The van der Waals surface area contributed by atoms with Gasteiger partial charge >= 0.3 is 0 Å². The van der Waals surface area contributed by atoms with Crippen molar-refractivity contribution in [2.45, 2.75) is 86.4 Å². The highest BCUT2D eigenvalue weighted by Gasteiger charge is 2.51. The molecule has 2 N–H and O–H groups in total. The summed E-state index contributed by atoms with van der Waals surface area (Å²) in [7, 11) is 4.28. The molecule has 58 heavy (non-hydrogen) atoms. The lowest BCUT2D eigenvalue weighted by molar-refractivity contribution is -0.900. The summed E-state index contributed by atoms with van der Waals surface area (Å²) in [6, 6.07) is 24.4. The highest BCUT2D eigenvalue weighted by molar-refractivity contribution is 5.99. The first-order valence-corrected chi connectivity index (χ1v) is 21.0. The maximum atomic E-state index is 13.5. The molecule has 2 heterocycles. The number of Topliss-reactive ketones (excluding diaryl/α,β-unsaturated/α-hetero) is 1. The van der Waals surface area contributed by atoms with Crippen LogP contribution in [0.1, 0.15) is 91.3 Å². The predicted octanol–water partition coefficient (Wildman–Crippen LogP) is 9.38. The molecule has 2 aliphatic heterocycles. The van der Waals surface area contributed by atoms with Crippen LogP contribution in [0.25, 0.3) is 12.2 Å². The molecule has 0 aromatic heterocycles. The van der Waals surface area contributed by atoms with E-state index in [9.17, 15) is 19.8 Å². The third kappa shape index (κ3) is 10.4. The number of rotatable bonds is 9. The van der Waals surface area contributed by atoms with E-state index in [1.54, 1.807) is 6.08 Å². The summed E-state index contributed by atoms with van der Waals surface area (Å²) in [4.78, 5) is 29.0. The Balaban J connectivity index is 0.000000223. The van der Waals surface area contributed by atoms with E-state index < -0.39 is 23.0 Å². The van der Waals surface area contributed by atoms with Gasteiger partial charge in [-0.1, -0.05) is 97.4 Å². The number of aliphatic hydroxyl groups is 2. The molecule has 6 heteroatoms. The lowest BCUT2D eigenvalue weighted by Crippen LogP contribution is -2.59. The third-order valence-corrected chi connectivity index (χ3v) is 13.1. The van der Waals surface area contributed by atoms with Crippen molar-refractivity contribution in [3.8, 4) is 0 Å². The topological polar surface area (TPSA) is 77.8 Å². The number of nitrogens with zero attached hydrogens (tertiary/aromatic N) is 2. The van der Waals surface area contributed by atoms with Gasteiger partial charge in [0.15, 0.2) is 11.6 Å². The number of carbonyl (C=O) groups excluding carboxylic acids is 2. The molecule has 4 aromatic carbocycles. The molecule has 0 bridgehead atoms. The molecule has 4 unspecified atom stereocenters. The number of hydrogen-bond donors (Lipinski definition) is 2. The fourth-order valence-electron chi connectivity index (χ4n) is 8.39. The van der Waals surface area contributed by atoms with Crippen LogP contribution in [-0.2, 0) is 10.4 Å². The molecule has 6 rings (SSSR count). The minimum atomic E-state index is -1.15. The summed E-state index contributed by atoms with van der Waals surface area (Å²) in [5, 5.41) is 23.3. The van der Waals surface area contributed by atoms with Gasteiger partial charge in [-0.05, 0) is 136 Å². The van der Waals surface area contributed by atoms with Gasteiger partial charge in [-0.3, -0.25) is 9.59 Å². The van der Waals surface area contributed by atoms with E-state index in [0.717, 1.165) is 51.9 Å². The maximum Gasteiger partial charge on any atom is 0.174 e. The first-order chi connectivity index (χ1) is 27.2. The number of piperidine rings is 2. The molecule has 0 radical (unpaired) electrons. The van der Waals surface area contributed by atoms with Crippen LogP contribution in [0.15, 0.2) is 84.9 Å². The van der Waals surface area contributed by atoms with Gasteiger partial charge in [0, 0.05) is 25.1 Å². The van der Waals surface area contributed by atoms with E-state index in [1.807, 2.05) is 55.5 Å². The molecule has 2 aliphatic rings. The second kappa shape index (κ2) is 18.2. The molecule has 308 valence electrons. The van der Waals surface area contributed by atoms with Crippen LogP contribution >= 0.6 is 0 Å². The predicted molar refractivity (Wildman–Crippen MR) is 240 cm³/mol. The van der Waals surface area contributed by atoms with Gasteiger partial charge < -0.3 is 19.6 Å². The molecule has 4 aromatic rings. The Hall–Kier alpha value is -4.46. The highest BCUT2D eigenvalue weighted by Crippen LogP contribution is 2.41. The Morgan fingerprint density at radius 2 is 1.36 bits per heavy atom. The van der Waals surface area contributed by atoms with Gasteiger partial charge in [-0.25, -0.2) is 0 Å². The fourth-order valence-corrected chi connectivity index (χ4v) is 8.39.